The molecule has 0 aromatic carbocycles. The lowest BCUT2D eigenvalue weighted by molar-refractivity contribution is 0.111. The third-order valence-corrected chi connectivity index (χ3v) is 3.34. The Labute approximate surface area is 95.6 Å². The lowest BCUT2D eigenvalue weighted by atomic mass is 9.92. The van der Waals surface area contributed by atoms with Crippen molar-refractivity contribution in [2.24, 2.45) is 5.92 Å². The quantitative estimate of drug-likeness (QED) is 0.728. The highest BCUT2D eigenvalue weighted by molar-refractivity contribution is 5.71. The fraction of sp³-hybridized carbons (Fsp3) is 0.667. The molecule has 0 radical (unpaired) electrons. The van der Waals surface area contributed by atoms with E-state index in [0.717, 1.165) is 25.0 Å². The van der Waals surface area contributed by atoms with Gasteiger partial charge in [0.1, 0.15) is 11.5 Å². The molecular formula is C12H18N2O2. The second-order valence-corrected chi connectivity index (χ2v) is 4.42. The van der Waals surface area contributed by atoms with Crippen LogP contribution in [-0.4, -0.2) is 36.0 Å². The Bertz CT molecular complexity index is 341. The molecule has 0 unspecified atom stereocenters. The van der Waals surface area contributed by atoms with Gasteiger partial charge in [0.15, 0.2) is 6.29 Å². The molecule has 0 aliphatic carbocycles. The second kappa shape index (κ2) is 5.25. The Morgan fingerprint density at radius 3 is 2.88 bits per heavy atom. The van der Waals surface area contributed by atoms with Crippen molar-refractivity contribution >= 4 is 6.29 Å². The van der Waals surface area contributed by atoms with Crippen LogP contribution in [0.1, 0.15) is 36.0 Å². The molecule has 0 spiro atoms. The van der Waals surface area contributed by atoms with Crippen LogP contribution < -0.4 is 0 Å². The van der Waals surface area contributed by atoms with Gasteiger partial charge in [-0.3, -0.25) is 4.79 Å². The number of likely N-dealkylation sites (tertiary alicyclic amines) is 1. The lowest BCUT2D eigenvalue weighted by Gasteiger charge is -2.30. The highest BCUT2D eigenvalue weighted by Gasteiger charge is 2.19. The van der Waals surface area contributed by atoms with Crippen molar-refractivity contribution in [2.45, 2.75) is 26.2 Å². The number of nitrogens with zero attached hydrogens (tertiary/aromatic N) is 2. The number of carbonyl (C=O) groups is 1. The Hall–Kier alpha value is -1.16. The summed E-state index contributed by atoms with van der Waals surface area (Å²) in [7, 11) is 0. The average molecular weight is 222 g/mol. The molecule has 0 bridgehead atoms. The maximum atomic E-state index is 10.5. The molecule has 16 heavy (non-hydrogen) atoms. The van der Waals surface area contributed by atoms with Crippen molar-refractivity contribution < 1.29 is 9.32 Å². The van der Waals surface area contributed by atoms with Crippen molar-refractivity contribution in [3.8, 4) is 0 Å². The zero-order chi connectivity index (χ0) is 11.4. The van der Waals surface area contributed by atoms with Gasteiger partial charge in [-0.15, -0.1) is 0 Å². The normalized spacial score (nSPS) is 18.8. The predicted molar refractivity (Wildman–Crippen MR) is 60.4 cm³/mol. The van der Waals surface area contributed by atoms with Gasteiger partial charge in [-0.2, -0.15) is 0 Å². The van der Waals surface area contributed by atoms with Crippen LogP contribution in [0.15, 0.2) is 10.6 Å². The van der Waals surface area contributed by atoms with Gasteiger partial charge in [-0.05, 0) is 38.4 Å². The van der Waals surface area contributed by atoms with E-state index in [-0.39, 0.29) is 0 Å². The first-order chi connectivity index (χ1) is 7.81. The smallest absolute Gasteiger partial charge is 0.171 e. The van der Waals surface area contributed by atoms with Gasteiger partial charge in [0, 0.05) is 12.5 Å². The highest BCUT2D eigenvalue weighted by atomic mass is 16.5. The molecule has 88 valence electrons. The Kier molecular flexibility index (Phi) is 3.72. The van der Waals surface area contributed by atoms with E-state index in [0.29, 0.717) is 11.6 Å². The fourth-order valence-electron chi connectivity index (χ4n) is 2.27. The van der Waals surface area contributed by atoms with Crippen LogP contribution >= 0.6 is 0 Å². The largest absolute Gasteiger partial charge is 0.361 e. The van der Waals surface area contributed by atoms with E-state index in [9.17, 15) is 4.79 Å². The molecule has 4 heteroatoms. The number of carbonyl (C=O) groups excluding carboxylic acids is 1. The summed E-state index contributed by atoms with van der Waals surface area (Å²) in [6, 6.07) is 1.75. The third kappa shape index (κ3) is 2.70. The third-order valence-electron chi connectivity index (χ3n) is 3.34. The fourth-order valence-corrected chi connectivity index (χ4v) is 2.27. The number of hydrogen-bond acceptors (Lipinski definition) is 4. The number of piperidine rings is 1. The molecule has 0 amide bonds. The van der Waals surface area contributed by atoms with Crippen molar-refractivity contribution in [2.75, 3.05) is 19.6 Å². The Morgan fingerprint density at radius 2 is 2.31 bits per heavy atom. The van der Waals surface area contributed by atoms with Gasteiger partial charge in [-0.25, -0.2) is 0 Å². The van der Waals surface area contributed by atoms with Gasteiger partial charge >= 0.3 is 0 Å². The van der Waals surface area contributed by atoms with Gasteiger partial charge < -0.3 is 9.42 Å². The number of hydrogen-bond donors (Lipinski definition) is 0. The molecule has 0 N–H and O–H groups in total. The zero-order valence-corrected chi connectivity index (χ0v) is 9.69. The summed E-state index contributed by atoms with van der Waals surface area (Å²) in [5.41, 5.74) is 0.404. The van der Waals surface area contributed by atoms with Crippen LogP contribution in [0, 0.1) is 5.92 Å². The average Bonchev–Trinajstić information content (AvgIpc) is 2.78. The molecule has 4 nitrogen and oxygen atoms in total. The topological polar surface area (TPSA) is 46.3 Å². The molecule has 1 aliphatic heterocycles. The van der Waals surface area contributed by atoms with E-state index >= 15 is 0 Å². The van der Waals surface area contributed by atoms with Crippen LogP contribution in [0.5, 0.6) is 0 Å². The number of aldehydes is 1. The summed E-state index contributed by atoms with van der Waals surface area (Å²) in [6.45, 7) is 5.70. The van der Waals surface area contributed by atoms with Crippen molar-refractivity contribution in [1.29, 1.82) is 0 Å². The molecule has 1 aromatic heterocycles. The minimum absolute atomic E-state index is 0.404. The standard InChI is InChI=1S/C12H18N2O2/c1-2-14-5-3-10(4-6-14)7-12-8-11(9-15)13-16-12/h8-10H,2-7H2,1H3. The summed E-state index contributed by atoms with van der Waals surface area (Å²) >= 11 is 0. The van der Waals surface area contributed by atoms with Crippen LogP contribution in [0.25, 0.3) is 0 Å². The van der Waals surface area contributed by atoms with Gasteiger partial charge in [-0.1, -0.05) is 12.1 Å². The van der Waals surface area contributed by atoms with E-state index in [1.165, 1.54) is 25.9 Å². The minimum Gasteiger partial charge on any atom is -0.361 e. The first kappa shape index (κ1) is 11.3. The summed E-state index contributed by atoms with van der Waals surface area (Å²) in [6.07, 6.45) is 4.07. The number of rotatable bonds is 4. The second-order valence-electron chi connectivity index (χ2n) is 4.42. The maximum Gasteiger partial charge on any atom is 0.171 e. The van der Waals surface area contributed by atoms with Gasteiger partial charge in [0.05, 0.1) is 0 Å². The van der Waals surface area contributed by atoms with Crippen LogP contribution in [0.3, 0.4) is 0 Å². The summed E-state index contributed by atoms with van der Waals surface area (Å²) in [5, 5.41) is 3.68. The summed E-state index contributed by atoms with van der Waals surface area (Å²) < 4.78 is 5.12. The van der Waals surface area contributed by atoms with Crippen molar-refractivity contribution in [3.05, 3.63) is 17.5 Å². The van der Waals surface area contributed by atoms with E-state index in [2.05, 4.69) is 17.0 Å². The molecule has 1 fully saturated rings. The van der Waals surface area contributed by atoms with Gasteiger partial charge in [0.25, 0.3) is 0 Å². The highest BCUT2D eigenvalue weighted by Crippen LogP contribution is 2.21. The summed E-state index contributed by atoms with van der Waals surface area (Å²) in [4.78, 5) is 12.9. The molecule has 1 aliphatic rings. The molecule has 1 aromatic rings. The number of aromatic nitrogens is 1. The molecular weight excluding hydrogens is 204 g/mol. The van der Waals surface area contributed by atoms with Crippen LogP contribution in [0.2, 0.25) is 0 Å². The van der Waals surface area contributed by atoms with Crippen molar-refractivity contribution in [1.82, 2.24) is 10.1 Å². The monoisotopic (exact) mass is 222 g/mol. The predicted octanol–water partition coefficient (Wildman–Crippen LogP) is 1.76. The Balaban J connectivity index is 1.84. The van der Waals surface area contributed by atoms with E-state index in [1.807, 2.05) is 0 Å². The summed E-state index contributed by atoms with van der Waals surface area (Å²) in [5.74, 6) is 1.52. The van der Waals surface area contributed by atoms with E-state index < -0.39 is 0 Å². The van der Waals surface area contributed by atoms with Crippen molar-refractivity contribution in [3.63, 3.8) is 0 Å². The molecule has 0 atom stereocenters. The molecule has 0 saturated carbocycles. The first-order valence-corrected chi connectivity index (χ1v) is 5.95. The van der Waals surface area contributed by atoms with E-state index in [4.69, 9.17) is 4.52 Å². The molecule has 2 rings (SSSR count). The van der Waals surface area contributed by atoms with E-state index in [1.54, 1.807) is 6.07 Å². The van der Waals surface area contributed by atoms with Gasteiger partial charge in [0.2, 0.25) is 0 Å². The SMILES string of the molecule is CCN1CCC(Cc2cc(C=O)no2)CC1. The van der Waals surface area contributed by atoms with Crippen LogP contribution in [-0.2, 0) is 6.42 Å². The maximum absolute atomic E-state index is 10.5. The zero-order valence-electron chi connectivity index (χ0n) is 9.69. The lowest BCUT2D eigenvalue weighted by Crippen LogP contribution is -2.33. The minimum atomic E-state index is 0.404. The molecule has 1 saturated heterocycles. The first-order valence-electron chi connectivity index (χ1n) is 5.95. The van der Waals surface area contributed by atoms with Crippen LogP contribution in [0.4, 0.5) is 0 Å². The Morgan fingerprint density at radius 1 is 1.56 bits per heavy atom. The molecule has 2 heterocycles.